The van der Waals surface area contributed by atoms with Gasteiger partial charge in [-0.3, -0.25) is 0 Å². The van der Waals surface area contributed by atoms with Crippen molar-refractivity contribution in [3.63, 3.8) is 0 Å². The summed E-state index contributed by atoms with van der Waals surface area (Å²) in [6.07, 6.45) is 0. The Labute approximate surface area is 84.5 Å². The van der Waals surface area contributed by atoms with E-state index in [0.717, 1.165) is 23.5 Å². The third-order valence-corrected chi connectivity index (χ3v) is 2.54. The van der Waals surface area contributed by atoms with Gasteiger partial charge >= 0.3 is 0 Å². The normalized spacial score (nSPS) is 19.2. The summed E-state index contributed by atoms with van der Waals surface area (Å²) in [5.74, 6) is 0.937. The third-order valence-electron chi connectivity index (χ3n) is 2.54. The third kappa shape index (κ3) is 1.50. The van der Waals surface area contributed by atoms with Crippen LogP contribution in [0.2, 0.25) is 0 Å². The predicted octanol–water partition coefficient (Wildman–Crippen LogP) is 2.23. The second-order valence-corrected chi connectivity index (χ2v) is 3.79. The molecule has 0 radical (unpaired) electrons. The second kappa shape index (κ2) is 3.40. The van der Waals surface area contributed by atoms with Gasteiger partial charge in [-0.25, -0.2) is 0 Å². The highest BCUT2D eigenvalue weighted by Gasteiger charge is 2.14. The van der Waals surface area contributed by atoms with E-state index in [-0.39, 0.29) is 0 Å². The number of aryl methyl sites for hydroxylation is 1. The molecular formula is C11H16N2O. The molecule has 3 heteroatoms. The van der Waals surface area contributed by atoms with Gasteiger partial charge < -0.3 is 15.4 Å². The van der Waals surface area contributed by atoms with Crippen LogP contribution in [0.15, 0.2) is 12.1 Å². The highest BCUT2D eigenvalue weighted by Crippen LogP contribution is 2.32. The van der Waals surface area contributed by atoms with Crippen molar-refractivity contribution in [1.82, 2.24) is 0 Å². The number of ether oxygens (including phenoxy) is 1. The van der Waals surface area contributed by atoms with Gasteiger partial charge in [0, 0.05) is 18.7 Å². The molecular weight excluding hydrogens is 176 g/mol. The van der Waals surface area contributed by atoms with Crippen molar-refractivity contribution in [2.75, 3.05) is 24.3 Å². The Balaban J connectivity index is 2.41. The smallest absolute Gasteiger partial charge is 0.123 e. The number of nitrogens with one attached hydrogen (secondary N) is 2. The molecule has 0 fully saturated rings. The van der Waals surface area contributed by atoms with Gasteiger partial charge in [0.15, 0.2) is 0 Å². The Bertz CT molecular complexity index is 349. The van der Waals surface area contributed by atoms with E-state index >= 15 is 0 Å². The Morgan fingerprint density at radius 3 is 2.86 bits per heavy atom. The molecule has 2 N–H and O–H groups in total. The molecule has 0 amide bonds. The van der Waals surface area contributed by atoms with Crippen LogP contribution in [-0.2, 0) is 0 Å². The van der Waals surface area contributed by atoms with Crippen molar-refractivity contribution in [2.24, 2.45) is 0 Å². The molecule has 1 aliphatic rings. The van der Waals surface area contributed by atoms with E-state index in [1.165, 1.54) is 5.69 Å². The molecule has 3 nitrogen and oxygen atoms in total. The lowest BCUT2D eigenvalue weighted by Gasteiger charge is -2.26. The first-order chi connectivity index (χ1) is 6.70. The summed E-state index contributed by atoms with van der Waals surface area (Å²) in [5.41, 5.74) is 3.46. The molecule has 1 aliphatic heterocycles. The summed E-state index contributed by atoms with van der Waals surface area (Å²) < 4.78 is 5.28. The van der Waals surface area contributed by atoms with E-state index in [1.54, 1.807) is 7.11 Å². The van der Waals surface area contributed by atoms with Crippen LogP contribution >= 0.6 is 0 Å². The van der Waals surface area contributed by atoms with Crippen LogP contribution < -0.4 is 15.4 Å². The minimum absolute atomic E-state index is 0.468. The van der Waals surface area contributed by atoms with Crippen LogP contribution in [0, 0.1) is 6.92 Å². The van der Waals surface area contributed by atoms with Crippen LogP contribution in [0.4, 0.5) is 11.4 Å². The van der Waals surface area contributed by atoms with E-state index in [0.29, 0.717) is 6.04 Å². The van der Waals surface area contributed by atoms with Gasteiger partial charge in [-0.2, -0.15) is 0 Å². The Hall–Kier alpha value is -1.38. The monoisotopic (exact) mass is 192 g/mol. The average molecular weight is 192 g/mol. The van der Waals surface area contributed by atoms with Gasteiger partial charge in [-0.15, -0.1) is 0 Å². The minimum Gasteiger partial charge on any atom is -0.496 e. The summed E-state index contributed by atoms with van der Waals surface area (Å²) in [6.45, 7) is 5.18. The molecule has 0 saturated heterocycles. The van der Waals surface area contributed by atoms with Crippen LogP contribution in [-0.4, -0.2) is 19.7 Å². The Morgan fingerprint density at radius 1 is 1.36 bits per heavy atom. The van der Waals surface area contributed by atoms with Gasteiger partial charge in [0.25, 0.3) is 0 Å². The Morgan fingerprint density at radius 2 is 2.14 bits per heavy atom. The molecule has 1 heterocycles. The largest absolute Gasteiger partial charge is 0.496 e. The molecule has 76 valence electrons. The standard InChI is InChI=1S/C11H16N2O/c1-7-4-9-10(5-11(7)14-3)13-8(2)6-12-9/h4-5,8,12-13H,6H2,1-3H3. The first kappa shape index (κ1) is 9.19. The molecule has 0 aromatic heterocycles. The maximum Gasteiger partial charge on any atom is 0.123 e. The average Bonchev–Trinajstić information content (AvgIpc) is 2.17. The van der Waals surface area contributed by atoms with Gasteiger partial charge in [0.2, 0.25) is 0 Å². The first-order valence-corrected chi connectivity index (χ1v) is 4.89. The highest BCUT2D eigenvalue weighted by molar-refractivity contribution is 5.74. The summed E-state index contributed by atoms with van der Waals surface area (Å²) in [4.78, 5) is 0. The quantitative estimate of drug-likeness (QED) is 0.716. The lowest BCUT2D eigenvalue weighted by molar-refractivity contribution is 0.412. The van der Waals surface area contributed by atoms with Gasteiger partial charge in [-0.05, 0) is 25.5 Å². The highest BCUT2D eigenvalue weighted by atomic mass is 16.5. The molecule has 14 heavy (non-hydrogen) atoms. The number of methoxy groups -OCH3 is 1. The SMILES string of the molecule is COc1cc2c(cc1C)NCC(C)N2. The summed E-state index contributed by atoms with van der Waals surface area (Å²) in [6, 6.07) is 4.63. The number of rotatable bonds is 1. The van der Waals surface area contributed by atoms with E-state index in [2.05, 4.69) is 30.5 Å². The van der Waals surface area contributed by atoms with Crippen molar-refractivity contribution < 1.29 is 4.74 Å². The van der Waals surface area contributed by atoms with E-state index in [9.17, 15) is 0 Å². The summed E-state index contributed by atoms with van der Waals surface area (Å²) >= 11 is 0. The molecule has 0 spiro atoms. The van der Waals surface area contributed by atoms with Gasteiger partial charge in [0.1, 0.15) is 5.75 Å². The van der Waals surface area contributed by atoms with Crippen molar-refractivity contribution in [3.8, 4) is 5.75 Å². The van der Waals surface area contributed by atoms with Crippen molar-refractivity contribution in [1.29, 1.82) is 0 Å². The molecule has 0 saturated carbocycles. The zero-order valence-corrected chi connectivity index (χ0v) is 8.85. The topological polar surface area (TPSA) is 33.3 Å². The molecule has 0 aliphatic carbocycles. The van der Waals surface area contributed by atoms with Crippen LogP contribution in [0.5, 0.6) is 5.75 Å². The molecule has 0 bridgehead atoms. The van der Waals surface area contributed by atoms with E-state index in [4.69, 9.17) is 4.74 Å². The van der Waals surface area contributed by atoms with Crippen LogP contribution in [0.25, 0.3) is 0 Å². The van der Waals surface area contributed by atoms with Gasteiger partial charge in [-0.1, -0.05) is 0 Å². The van der Waals surface area contributed by atoms with E-state index < -0.39 is 0 Å². The maximum absolute atomic E-state index is 5.28. The number of anilines is 2. The predicted molar refractivity (Wildman–Crippen MR) is 59.3 cm³/mol. The Kier molecular flexibility index (Phi) is 2.23. The van der Waals surface area contributed by atoms with E-state index in [1.807, 2.05) is 6.07 Å². The zero-order chi connectivity index (χ0) is 10.1. The van der Waals surface area contributed by atoms with Crippen molar-refractivity contribution >= 4 is 11.4 Å². The number of hydrogen-bond donors (Lipinski definition) is 2. The molecule has 1 aromatic carbocycles. The van der Waals surface area contributed by atoms with Crippen LogP contribution in [0.1, 0.15) is 12.5 Å². The first-order valence-electron chi connectivity index (χ1n) is 4.89. The molecule has 1 aromatic rings. The number of hydrogen-bond acceptors (Lipinski definition) is 3. The molecule has 2 rings (SSSR count). The lowest BCUT2D eigenvalue weighted by atomic mass is 10.1. The maximum atomic E-state index is 5.28. The summed E-state index contributed by atoms with van der Waals surface area (Å²) in [7, 11) is 1.70. The second-order valence-electron chi connectivity index (χ2n) is 3.79. The number of benzene rings is 1. The number of fused-ring (bicyclic) bond motifs is 1. The molecule has 1 atom stereocenters. The van der Waals surface area contributed by atoms with Crippen molar-refractivity contribution in [2.45, 2.75) is 19.9 Å². The fourth-order valence-corrected chi connectivity index (χ4v) is 1.75. The minimum atomic E-state index is 0.468. The molecule has 1 unspecified atom stereocenters. The van der Waals surface area contributed by atoms with Gasteiger partial charge in [0.05, 0.1) is 18.5 Å². The summed E-state index contributed by atoms with van der Waals surface area (Å²) in [5, 5.41) is 6.81. The lowest BCUT2D eigenvalue weighted by Crippen LogP contribution is -2.30. The van der Waals surface area contributed by atoms with Crippen LogP contribution in [0.3, 0.4) is 0 Å². The fourth-order valence-electron chi connectivity index (χ4n) is 1.75. The zero-order valence-electron chi connectivity index (χ0n) is 8.85. The van der Waals surface area contributed by atoms with Crippen molar-refractivity contribution in [3.05, 3.63) is 17.7 Å². The fraction of sp³-hybridized carbons (Fsp3) is 0.455.